The van der Waals surface area contributed by atoms with Crippen molar-refractivity contribution >= 4 is 0 Å². The molecule has 0 amide bonds. The first kappa shape index (κ1) is 16.1. The molecule has 110 valence electrons. The number of aromatic nitrogens is 2. The predicted molar refractivity (Wildman–Crippen MR) is 74.7 cm³/mol. The number of ether oxygens (including phenoxy) is 1. The number of hydrogen-bond donors (Lipinski definition) is 1. The van der Waals surface area contributed by atoms with Gasteiger partial charge in [0.15, 0.2) is 0 Å². The maximum Gasteiger partial charge on any atom is 0.226 e. The molecule has 1 rings (SSSR count). The molecule has 0 saturated carbocycles. The summed E-state index contributed by atoms with van der Waals surface area (Å²) in [5.74, 6) is 1.99. The van der Waals surface area contributed by atoms with Gasteiger partial charge in [-0.3, -0.25) is 0 Å². The first-order valence-corrected chi connectivity index (χ1v) is 7.35. The van der Waals surface area contributed by atoms with E-state index in [4.69, 9.17) is 15.0 Å². The second-order valence-corrected chi connectivity index (χ2v) is 5.00. The monoisotopic (exact) mass is 269 g/mol. The van der Waals surface area contributed by atoms with E-state index in [0.717, 1.165) is 38.6 Å². The Balaban J connectivity index is 2.50. The van der Waals surface area contributed by atoms with E-state index in [0.29, 0.717) is 24.2 Å². The van der Waals surface area contributed by atoms with E-state index >= 15 is 0 Å². The summed E-state index contributed by atoms with van der Waals surface area (Å²) in [5.41, 5.74) is 5.54. The standard InChI is InChI=1S/C14H27N3O2/c1-4-6-12(18-5-2)14-16-13(19-17-14)8-7-11(3)9-10-15/h11-12H,4-10,15H2,1-3H3. The first-order chi connectivity index (χ1) is 9.21. The van der Waals surface area contributed by atoms with Gasteiger partial charge in [-0.25, -0.2) is 0 Å². The lowest BCUT2D eigenvalue weighted by atomic mass is 10.0. The zero-order valence-corrected chi connectivity index (χ0v) is 12.4. The quantitative estimate of drug-likeness (QED) is 0.707. The molecule has 2 unspecified atom stereocenters. The second kappa shape index (κ2) is 9.04. The molecule has 0 aliphatic carbocycles. The van der Waals surface area contributed by atoms with Crippen molar-refractivity contribution in [1.29, 1.82) is 0 Å². The Morgan fingerprint density at radius 2 is 2.05 bits per heavy atom. The number of rotatable bonds is 10. The van der Waals surface area contributed by atoms with Crippen molar-refractivity contribution in [3.05, 3.63) is 11.7 Å². The molecule has 5 heteroatoms. The molecule has 1 aromatic rings. The van der Waals surface area contributed by atoms with Gasteiger partial charge in [0.2, 0.25) is 11.7 Å². The lowest BCUT2D eigenvalue weighted by molar-refractivity contribution is 0.0477. The SMILES string of the molecule is CCCC(OCC)c1noc(CCC(C)CCN)n1. The number of nitrogens with two attached hydrogens (primary N) is 1. The molecule has 1 heterocycles. The summed E-state index contributed by atoms with van der Waals surface area (Å²) in [6.07, 6.45) is 4.83. The lowest BCUT2D eigenvalue weighted by Crippen LogP contribution is -2.07. The molecule has 0 saturated heterocycles. The van der Waals surface area contributed by atoms with Gasteiger partial charge in [0, 0.05) is 13.0 Å². The number of aryl methyl sites for hydroxylation is 1. The summed E-state index contributed by atoms with van der Waals surface area (Å²) < 4.78 is 10.9. The Hall–Kier alpha value is -0.940. The zero-order chi connectivity index (χ0) is 14.1. The Labute approximate surface area is 115 Å². The van der Waals surface area contributed by atoms with Crippen LogP contribution in [0.2, 0.25) is 0 Å². The van der Waals surface area contributed by atoms with Gasteiger partial charge in [-0.1, -0.05) is 25.4 Å². The van der Waals surface area contributed by atoms with Crippen molar-refractivity contribution in [2.75, 3.05) is 13.2 Å². The fraction of sp³-hybridized carbons (Fsp3) is 0.857. The van der Waals surface area contributed by atoms with Gasteiger partial charge in [-0.2, -0.15) is 4.98 Å². The molecule has 2 N–H and O–H groups in total. The Kier molecular flexibility index (Phi) is 7.67. The fourth-order valence-corrected chi connectivity index (χ4v) is 2.05. The number of hydrogen-bond acceptors (Lipinski definition) is 5. The smallest absolute Gasteiger partial charge is 0.226 e. The summed E-state index contributed by atoms with van der Waals surface area (Å²) in [7, 11) is 0. The number of nitrogens with zero attached hydrogens (tertiary/aromatic N) is 2. The molecular weight excluding hydrogens is 242 g/mol. The Morgan fingerprint density at radius 3 is 2.68 bits per heavy atom. The Morgan fingerprint density at radius 1 is 1.26 bits per heavy atom. The van der Waals surface area contributed by atoms with Crippen molar-refractivity contribution in [2.24, 2.45) is 11.7 Å². The fourth-order valence-electron chi connectivity index (χ4n) is 2.05. The normalized spacial score (nSPS) is 14.5. The van der Waals surface area contributed by atoms with Crippen LogP contribution in [0, 0.1) is 5.92 Å². The molecule has 19 heavy (non-hydrogen) atoms. The van der Waals surface area contributed by atoms with Gasteiger partial charge in [0.1, 0.15) is 6.10 Å². The molecule has 0 aromatic carbocycles. The second-order valence-electron chi connectivity index (χ2n) is 5.00. The third-order valence-electron chi connectivity index (χ3n) is 3.20. The van der Waals surface area contributed by atoms with Crippen LogP contribution in [0.25, 0.3) is 0 Å². The molecule has 0 bridgehead atoms. The van der Waals surface area contributed by atoms with Gasteiger partial charge in [0.05, 0.1) is 0 Å². The molecule has 0 spiro atoms. The van der Waals surface area contributed by atoms with Crippen molar-refractivity contribution in [1.82, 2.24) is 10.1 Å². The van der Waals surface area contributed by atoms with Crippen LogP contribution in [-0.4, -0.2) is 23.3 Å². The highest BCUT2D eigenvalue weighted by Gasteiger charge is 2.18. The summed E-state index contributed by atoms with van der Waals surface area (Å²) >= 11 is 0. The minimum atomic E-state index is -0.0334. The predicted octanol–water partition coefficient (Wildman–Crippen LogP) is 2.86. The van der Waals surface area contributed by atoms with E-state index in [1.165, 1.54) is 0 Å². The molecular formula is C14H27N3O2. The third-order valence-corrected chi connectivity index (χ3v) is 3.20. The maximum absolute atomic E-state index is 5.64. The molecule has 2 atom stereocenters. The van der Waals surface area contributed by atoms with E-state index in [-0.39, 0.29) is 6.10 Å². The summed E-state index contributed by atoms with van der Waals surface area (Å²) in [5, 5.41) is 4.04. The Bertz CT molecular complexity index is 335. The van der Waals surface area contributed by atoms with Crippen LogP contribution in [0.15, 0.2) is 4.52 Å². The summed E-state index contributed by atoms with van der Waals surface area (Å²) in [6.45, 7) is 7.71. The molecule has 1 aromatic heterocycles. The zero-order valence-electron chi connectivity index (χ0n) is 12.4. The third kappa shape index (κ3) is 5.70. The molecule has 0 aliphatic heterocycles. The highest BCUT2D eigenvalue weighted by molar-refractivity contribution is 4.91. The highest BCUT2D eigenvalue weighted by atomic mass is 16.5. The van der Waals surface area contributed by atoms with Gasteiger partial charge >= 0.3 is 0 Å². The molecule has 0 radical (unpaired) electrons. The van der Waals surface area contributed by atoms with E-state index in [2.05, 4.69) is 24.0 Å². The van der Waals surface area contributed by atoms with Crippen LogP contribution in [0.1, 0.15) is 64.3 Å². The van der Waals surface area contributed by atoms with Crippen LogP contribution in [0.3, 0.4) is 0 Å². The van der Waals surface area contributed by atoms with Gasteiger partial charge in [0.25, 0.3) is 0 Å². The van der Waals surface area contributed by atoms with Gasteiger partial charge < -0.3 is 15.0 Å². The lowest BCUT2D eigenvalue weighted by Gasteiger charge is -2.11. The van der Waals surface area contributed by atoms with Crippen molar-refractivity contribution in [3.63, 3.8) is 0 Å². The van der Waals surface area contributed by atoms with Crippen LogP contribution in [0.5, 0.6) is 0 Å². The van der Waals surface area contributed by atoms with E-state index in [1.54, 1.807) is 0 Å². The highest BCUT2D eigenvalue weighted by Crippen LogP contribution is 2.20. The van der Waals surface area contributed by atoms with Crippen molar-refractivity contribution in [2.45, 2.75) is 59.0 Å². The van der Waals surface area contributed by atoms with E-state index in [1.807, 2.05) is 6.92 Å². The van der Waals surface area contributed by atoms with E-state index < -0.39 is 0 Å². The summed E-state index contributed by atoms with van der Waals surface area (Å²) in [4.78, 5) is 4.45. The van der Waals surface area contributed by atoms with Crippen LogP contribution >= 0.6 is 0 Å². The van der Waals surface area contributed by atoms with Crippen molar-refractivity contribution < 1.29 is 9.26 Å². The van der Waals surface area contributed by atoms with Crippen LogP contribution in [-0.2, 0) is 11.2 Å². The van der Waals surface area contributed by atoms with Crippen LogP contribution < -0.4 is 5.73 Å². The topological polar surface area (TPSA) is 74.2 Å². The first-order valence-electron chi connectivity index (χ1n) is 7.35. The minimum Gasteiger partial charge on any atom is -0.370 e. The van der Waals surface area contributed by atoms with Crippen molar-refractivity contribution in [3.8, 4) is 0 Å². The molecule has 0 fully saturated rings. The van der Waals surface area contributed by atoms with Gasteiger partial charge in [-0.05, 0) is 38.6 Å². The molecule has 0 aliphatic rings. The van der Waals surface area contributed by atoms with Crippen LogP contribution in [0.4, 0.5) is 0 Å². The van der Waals surface area contributed by atoms with E-state index in [9.17, 15) is 0 Å². The molecule has 5 nitrogen and oxygen atoms in total. The largest absolute Gasteiger partial charge is 0.370 e. The minimum absolute atomic E-state index is 0.0334. The summed E-state index contributed by atoms with van der Waals surface area (Å²) in [6, 6.07) is 0. The average molecular weight is 269 g/mol. The van der Waals surface area contributed by atoms with Gasteiger partial charge in [-0.15, -0.1) is 0 Å². The average Bonchev–Trinajstić information content (AvgIpc) is 2.85. The maximum atomic E-state index is 5.64.